The molecule has 10 heavy (non-hydrogen) atoms. The van der Waals surface area contributed by atoms with E-state index in [1.807, 2.05) is 12.1 Å². The van der Waals surface area contributed by atoms with Crippen LogP contribution in [0.25, 0.3) is 0 Å². The van der Waals surface area contributed by atoms with Crippen LogP contribution in [0, 0.1) is 6.92 Å². The Morgan fingerprint density at radius 1 is 1.40 bits per heavy atom. The van der Waals surface area contributed by atoms with Crippen LogP contribution in [-0.4, -0.2) is 7.85 Å². The van der Waals surface area contributed by atoms with E-state index in [1.165, 1.54) is 11.1 Å². The van der Waals surface area contributed by atoms with Crippen LogP contribution in [0.5, 0.6) is 0 Å². The molecule has 0 saturated heterocycles. The van der Waals surface area contributed by atoms with E-state index >= 15 is 0 Å². The van der Waals surface area contributed by atoms with E-state index in [2.05, 4.69) is 19.9 Å². The monoisotopic (exact) mass is 130 g/mol. The summed E-state index contributed by atoms with van der Waals surface area (Å²) in [4.78, 5) is 0. The van der Waals surface area contributed by atoms with Gasteiger partial charge in [0.15, 0.2) is 0 Å². The van der Waals surface area contributed by atoms with Gasteiger partial charge in [-0.3, -0.25) is 0 Å². The minimum atomic E-state index is 0.856. The molecule has 0 aliphatic rings. The minimum Gasteiger partial charge on any atom is -0.0964 e. The molecule has 0 amide bonds. The summed E-state index contributed by atoms with van der Waals surface area (Å²) in [5.41, 5.74) is 3.53. The quantitative estimate of drug-likeness (QED) is 0.503. The molecule has 0 nitrogen and oxygen atoms in total. The first kappa shape index (κ1) is 7.39. The molecule has 2 radical (unpaired) electrons. The van der Waals surface area contributed by atoms with Gasteiger partial charge in [-0.1, -0.05) is 30.6 Å². The first-order valence-electron chi connectivity index (χ1n) is 3.59. The van der Waals surface area contributed by atoms with E-state index < -0.39 is 0 Å². The van der Waals surface area contributed by atoms with Gasteiger partial charge in [0.05, 0.1) is 0 Å². The third-order valence-electron chi connectivity index (χ3n) is 1.75. The molecule has 0 bridgehead atoms. The van der Waals surface area contributed by atoms with Gasteiger partial charge in [0.2, 0.25) is 0 Å². The predicted molar refractivity (Wildman–Crippen MR) is 45.9 cm³/mol. The molecule has 0 spiro atoms. The fourth-order valence-electron chi connectivity index (χ4n) is 1.12. The van der Waals surface area contributed by atoms with Crippen LogP contribution in [-0.2, 0) is 6.42 Å². The standard InChI is InChI=1S/C9H11B/c1-3-8-4-5-9(10)6-7(8)2/h4-6H,3H2,1-2H3. The molecule has 1 heteroatoms. The lowest BCUT2D eigenvalue weighted by atomic mass is 9.92. The summed E-state index contributed by atoms with van der Waals surface area (Å²) >= 11 is 0. The van der Waals surface area contributed by atoms with E-state index in [0.29, 0.717) is 0 Å². The highest BCUT2D eigenvalue weighted by molar-refractivity contribution is 6.32. The van der Waals surface area contributed by atoms with Crippen molar-refractivity contribution in [1.29, 1.82) is 0 Å². The number of hydrogen-bond donors (Lipinski definition) is 0. The second-order valence-electron chi connectivity index (χ2n) is 2.54. The maximum absolute atomic E-state index is 5.58. The Balaban J connectivity index is 3.07. The molecule has 1 aromatic rings. The molecule has 0 aromatic heterocycles. The highest BCUT2D eigenvalue weighted by Crippen LogP contribution is 2.04. The Morgan fingerprint density at radius 2 is 2.10 bits per heavy atom. The molecule has 0 N–H and O–H groups in total. The van der Waals surface area contributed by atoms with Crippen molar-refractivity contribution >= 4 is 13.3 Å². The maximum Gasteiger partial charge on any atom is 0.113 e. The van der Waals surface area contributed by atoms with Gasteiger partial charge >= 0.3 is 0 Å². The van der Waals surface area contributed by atoms with E-state index in [9.17, 15) is 0 Å². The second-order valence-corrected chi connectivity index (χ2v) is 2.54. The highest BCUT2D eigenvalue weighted by Gasteiger charge is 1.92. The summed E-state index contributed by atoms with van der Waals surface area (Å²) in [5, 5.41) is 0. The summed E-state index contributed by atoms with van der Waals surface area (Å²) in [6.07, 6.45) is 1.09. The molecule has 0 fully saturated rings. The fourth-order valence-corrected chi connectivity index (χ4v) is 1.12. The van der Waals surface area contributed by atoms with Crippen molar-refractivity contribution in [3.05, 3.63) is 29.3 Å². The van der Waals surface area contributed by atoms with Crippen molar-refractivity contribution in [2.75, 3.05) is 0 Å². The van der Waals surface area contributed by atoms with Crippen LogP contribution in [0.2, 0.25) is 0 Å². The molecule has 0 aliphatic heterocycles. The van der Waals surface area contributed by atoms with Crippen LogP contribution in [0.4, 0.5) is 0 Å². The molecule has 0 aliphatic carbocycles. The van der Waals surface area contributed by atoms with Crippen LogP contribution in [0.1, 0.15) is 18.1 Å². The predicted octanol–water partition coefficient (Wildman–Crippen LogP) is 1.35. The number of benzene rings is 1. The summed E-state index contributed by atoms with van der Waals surface area (Å²) in [6, 6.07) is 6.05. The summed E-state index contributed by atoms with van der Waals surface area (Å²) in [7, 11) is 5.58. The number of rotatable bonds is 1. The lowest BCUT2D eigenvalue weighted by molar-refractivity contribution is 1.11. The molecule has 1 aromatic carbocycles. The molecular weight excluding hydrogens is 119 g/mol. The fraction of sp³-hybridized carbons (Fsp3) is 0.333. The van der Waals surface area contributed by atoms with Gasteiger partial charge in [-0.25, -0.2) is 0 Å². The largest absolute Gasteiger partial charge is 0.113 e. The topological polar surface area (TPSA) is 0 Å². The Morgan fingerprint density at radius 3 is 2.60 bits per heavy atom. The SMILES string of the molecule is [B]c1ccc(CC)c(C)c1. The van der Waals surface area contributed by atoms with Crippen LogP contribution in [0.15, 0.2) is 18.2 Å². The van der Waals surface area contributed by atoms with E-state index in [0.717, 1.165) is 11.9 Å². The van der Waals surface area contributed by atoms with Crippen molar-refractivity contribution in [1.82, 2.24) is 0 Å². The zero-order valence-electron chi connectivity index (χ0n) is 6.52. The van der Waals surface area contributed by atoms with Crippen LogP contribution in [0.3, 0.4) is 0 Å². The molecule has 50 valence electrons. The van der Waals surface area contributed by atoms with Crippen molar-refractivity contribution in [3.63, 3.8) is 0 Å². The van der Waals surface area contributed by atoms with Crippen molar-refractivity contribution in [2.24, 2.45) is 0 Å². The summed E-state index contributed by atoms with van der Waals surface area (Å²) < 4.78 is 0. The third-order valence-corrected chi connectivity index (χ3v) is 1.75. The lowest BCUT2D eigenvalue weighted by Gasteiger charge is -2.02. The van der Waals surface area contributed by atoms with Crippen LogP contribution < -0.4 is 5.46 Å². The first-order chi connectivity index (χ1) is 4.74. The third kappa shape index (κ3) is 1.41. The van der Waals surface area contributed by atoms with Gasteiger partial charge in [-0.05, 0) is 24.5 Å². The normalized spacial score (nSPS) is 9.80. The molecule has 0 unspecified atom stereocenters. The van der Waals surface area contributed by atoms with Gasteiger partial charge in [0.25, 0.3) is 0 Å². The Kier molecular flexibility index (Phi) is 2.15. The lowest BCUT2D eigenvalue weighted by Crippen LogP contribution is -2.03. The highest BCUT2D eigenvalue weighted by atomic mass is 14.0. The van der Waals surface area contributed by atoms with Gasteiger partial charge in [0, 0.05) is 0 Å². The summed E-state index contributed by atoms with van der Waals surface area (Å²) in [5.74, 6) is 0. The van der Waals surface area contributed by atoms with Gasteiger partial charge in [-0.2, -0.15) is 0 Å². The molecular formula is C9H11B. The Hall–Kier alpha value is -0.715. The zero-order chi connectivity index (χ0) is 7.56. The summed E-state index contributed by atoms with van der Waals surface area (Å²) in [6.45, 7) is 4.24. The van der Waals surface area contributed by atoms with Crippen molar-refractivity contribution < 1.29 is 0 Å². The molecule has 1 rings (SSSR count). The van der Waals surface area contributed by atoms with E-state index in [1.54, 1.807) is 0 Å². The van der Waals surface area contributed by atoms with Gasteiger partial charge in [0.1, 0.15) is 7.85 Å². The van der Waals surface area contributed by atoms with Gasteiger partial charge < -0.3 is 0 Å². The smallest absolute Gasteiger partial charge is 0.0964 e. The average Bonchev–Trinajstić information content (AvgIpc) is 1.88. The average molecular weight is 130 g/mol. The zero-order valence-corrected chi connectivity index (χ0v) is 6.52. The number of hydrogen-bond acceptors (Lipinski definition) is 0. The van der Waals surface area contributed by atoms with Gasteiger partial charge in [-0.15, -0.1) is 0 Å². The maximum atomic E-state index is 5.58. The molecule has 0 atom stereocenters. The van der Waals surface area contributed by atoms with Crippen molar-refractivity contribution in [3.8, 4) is 0 Å². The first-order valence-corrected chi connectivity index (χ1v) is 3.59. The minimum absolute atomic E-state index is 0.856. The Bertz CT molecular complexity index is 228. The van der Waals surface area contributed by atoms with Crippen molar-refractivity contribution in [2.45, 2.75) is 20.3 Å². The number of aryl methyl sites for hydroxylation is 2. The molecule has 0 saturated carbocycles. The second kappa shape index (κ2) is 2.91. The molecule has 0 heterocycles. The Labute approximate surface area is 63.7 Å². The van der Waals surface area contributed by atoms with Crippen LogP contribution >= 0.6 is 0 Å². The van der Waals surface area contributed by atoms with E-state index in [4.69, 9.17) is 7.85 Å². The van der Waals surface area contributed by atoms with E-state index in [-0.39, 0.29) is 0 Å².